The highest BCUT2D eigenvalue weighted by atomic mass is 16.5. The van der Waals surface area contributed by atoms with Gasteiger partial charge < -0.3 is 15.0 Å². The van der Waals surface area contributed by atoms with E-state index in [1.807, 2.05) is 46.8 Å². The minimum absolute atomic E-state index is 0.0449. The zero-order valence-electron chi connectivity index (χ0n) is 13.1. The molecule has 2 unspecified atom stereocenters. The van der Waals surface area contributed by atoms with Gasteiger partial charge in [-0.15, -0.1) is 0 Å². The van der Waals surface area contributed by atoms with E-state index in [1.54, 1.807) is 6.20 Å². The van der Waals surface area contributed by atoms with Crippen molar-refractivity contribution in [2.45, 2.75) is 31.8 Å². The number of nitrogens with one attached hydrogen (secondary N) is 1. The number of ether oxygens (including phenoxy) is 1. The molecule has 1 aromatic heterocycles. The maximum Gasteiger partial charge on any atom is 0.322 e. The lowest BCUT2D eigenvalue weighted by atomic mass is 10.2. The van der Waals surface area contributed by atoms with Gasteiger partial charge in [-0.1, -0.05) is 18.2 Å². The summed E-state index contributed by atoms with van der Waals surface area (Å²) in [5, 5.41) is 7.42. The van der Waals surface area contributed by atoms with Crippen LogP contribution in [0.1, 0.15) is 18.5 Å². The van der Waals surface area contributed by atoms with Crippen LogP contribution in [-0.2, 0) is 4.74 Å². The van der Waals surface area contributed by atoms with Crippen LogP contribution in [0, 0.1) is 6.92 Å². The van der Waals surface area contributed by atoms with Crippen molar-refractivity contribution in [2.24, 2.45) is 0 Å². The number of hydrogen-bond acceptors (Lipinski definition) is 3. The number of benzene rings is 1. The molecule has 2 aliphatic heterocycles. The highest BCUT2D eigenvalue weighted by Gasteiger charge is 2.40. The predicted molar refractivity (Wildman–Crippen MR) is 86.8 cm³/mol. The molecular formula is C17H20N4O2. The van der Waals surface area contributed by atoms with Crippen molar-refractivity contribution in [2.75, 3.05) is 18.5 Å². The van der Waals surface area contributed by atoms with Crippen LogP contribution in [0.5, 0.6) is 0 Å². The zero-order valence-corrected chi connectivity index (χ0v) is 13.1. The highest BCUT2D eigenvalue weighted by Crippen LogP contribution is 2.29. The number of para-hydroxylation sites is 1. The minimum atomic E-state index is -0.0449. The van der Waals surface area contributed by atoms with E-state index in [0.29, 0.717) is 13.2 Å². The number of nitrogens with zero attached hydrogens (tertiary/aromatic N) is 3. The van der Waals surface area contributed by atoms with Crippen LogP contribution in [-0.4, -0.2) is 46.0 Å². The van der Waals surface area contributed by atoms with E-state index < -0.39 is 0 Å². The average molecular weight is 312 g/mol. The van der Waals surface area contributed by atoms with Crippen LogP contribution in [0.2, 0.25) is 0 Å². The Labute approximate surface area is 135 Å². The summed E-state index contributed by atoms with van der Waals surface area (Å²) in [6.07, 6.45) is 3.77. The number of aromatic nitrogens is 2. The molecule has 120 valence electrons. The summed E-state index contributed by atoms with van der Waals surface area (Å²) in [4.78, 5) is 14.6. The maximum atomic E-state index is 12.6. The Bertz CT molecular complexity index is 697. The van der Waals surface area contributed by atoms with Crippen LogP contribution >= 0.6 is 0 Å². The Balaban J connectivity index is 1.54. The second-order valence-corrected chi connectivity index (χ2v) is 6.15. The summed E-state index contributed by atoms with van der Waals surface area (Å²) in [5.74, 6) is 0. The third-order valence-electron chi connectivity index (χ3n) is 4.73. The minimum Gasteiger partial charge on any atom is -0.377 e. The van der Waals surface area contributed by atoms with E-state index in [4.69, 9.17) is 4.74 Å². The normalized spacial score (nSPS) is 23.1. The Morgan fingerprint density at radius 3 is 2.61 bits per heavy atom. The van der Waals surface area contributed by atoms with Crippen LogP contribution in [0.3, 0.4) is 0 Å². The summed E-state index contributed by atoms with van der Waals surface area (Å²) in [6.45, 7) is 3.25. The number of anilines is 1. The van der Waals surface area contributed by atoms with E-state index in [-0.39, 0.29) is 18.1 Å². The number of rotatable bonds is 2. The predicted octanol–water partition coefficient (Wildman–Crippen LogP) is 2.58. The van der Waals surface area contributed by atoms with Crippen molar-refractivity contribution in [3.63, 3.8) is 0 Å². The van der Waals surface area contributed by atoms with E-state index in [1.165, 1.54) is 0 Å². The fraction of sp³-hybridized carbons (Fsp3) is 0.412. The smallest absolute Gasteiger partial charge is 0.322 e. The topological polar surface area (TPSA) is 59.4 Å². The van der Waals surface area contributed by atoms with Gasteiger partial charge in [0.05, 0.1) is 48.6 Å². The van der Waals surface area contributed by atoms with Crippen LogP contribution in [0.15, 0.2) is 36.5 Å². The molecule has 4 rings (SSSR count). The van der Waals surface area contributed by atoms with E-state index in [0.717, 1.165) is 29.9 Å². The molecule has 2 fully saturated rings. The van der Waals surface area contributed by atoms with Crippen molar-refractivity contribution in [3.05, 3.63) is 42.2 Å². The lowest BCUT2D eigenvalue weighted by Gasteiger charge is -2.34. The molecule has 1 N–H and O–H groups in total. The van der Waals surface area contributed by atoms with Gasteiger partial charge in [-0.3, -0.25) is 0 Å². The number of carbonyl (C=O) groups is 1. The van der Waals surface area contributed by atoms with E-state index in [2.05, 4.69) is 10.4 Å². The quantitative estimate of drug-likeness (QED) is 0.927. The molecule has 1 aromatic carbocycles. The van der Waals surface area contributed by atoms with Crippen LogP contribution in [0.4, 0.5) is 10.5 Å². The fourth-order valence-electron chi connectivity index (χ4n) is 3.50. The lowest BCUT2D eigenvalue weighted by molar-refractivity contribution is 0.00949. The highest BCUT2D eigenvalue weighted by molar-refractivity contribution is 5.90. The summed E-state index contributed by atoms with van der Waals surface area (Å²) < 4.78 is 7.37. The van der Waals surface area contributed by atoms with Gasteiger partial charge in [-0.25, -0.2) is 9.48 Å². The Kier molecular flexibility index (Phi) is 3.53. The van der Waals surface area contributed by atoms with E-state index >= 15 is 0 Å². The van der Waals surface area contributed by atoms with Gasteiger partial charge in [0.2, 0.25) is 0 Å². The van der Waals surface area contributed by atoms with Crippen molar-refractivity contribution in [3.8, 4) is 5.69 Å². The largest absolute Gasteiger partial charge is 0.377 e. The molecule has 2 aromatic rings. The summed E-state index contributed by atoms with van der Waals surface area (Å²) in [5.41, 5.74) is 2.66. The molecule has 2 amide bonds. The Hall–Kier alpha value is -2.34. The summed E-state index contributed by atoms with van der Waals surface area (Å²) in [7, 11) is 0. The van der Waals surface area contributed by atoms with Crippen molar-refractivity contribution in [1.29, 1.82) is 0 Å². The first-order chi connectivity index (χ1) is 11.2. The molecule has 0 radical (unpaired) electrons. The van der Waals surface area contributed by atoms with Crippen molar-refractivity contribution < 1.29 is 9.53 Å². The number of urea groups is 1. The van der Waals surface area contributed by atoms with Gasteiger partial charge in [0, 0.05) is 0 Å². The second-order valence-electron chi connectivity index (χ2n) is 6.15. The second kappa shape index (κ2) is 5.70. The van der Waals surface area contributed by atoms with Crippen molar-refractivity contribution in [1.82, 2.24) is 14.7 Å². The summed E-state index contributed by atoms with van der Waals surface area (Å²) in [6, 6.07) is 10.3. The number of fused-ring (bicyclic) bond motifs is 2. The van der Waals surface area contributed by atoms with Gasteiger partial charge in [0.15, 0.2) is 0 Å². The van der Waals surface area contributed by atoms with Gasteiger partial charge in [0.1, 0.15) is 0 Å². The molecule has 2 atom stereocenters. The molecular weight excluding hydrogens is 292 g/mol. The monoisotopic (exact) mass is 312 g/mol. The molecule has 6 nitrogen and oxygen atoms in total. The SMILES string of the molecule is Cc1c(NC(=O)N2C3CCC2COC3)cnn1-c1ccccc1. The summed E-state index contributed by atoms with van der Waals surface area (Å²) >= 11 is 0. The van der Waals surface area contributed by atoms with Crippen LogP contribution in [0.25, 0.3) is 5.69 Å². The molecule has 3 heterocycles. The molecule has 6 heteroatoms. The molecule has 2 aliphatic rings. The van der Waals surface area contributed by atoms with Crippen molar-refractivity contribution >= 4 is 11.7 Å². The Morgan fingerprint density at radius 2 is 1.91 bits per heavy atom. The molecule has 0 aliphatic carbocycles. The van der Waals surface area contributed by atoms with E-state index in [9.17, 15) is 4.79 Å². The first-order valence-electron chi connectivity index (χ1n) is 8.01. The number of amides is 2. The fourth-order valence-corrected chi connectivity index (χ4v) is 3.50. The number of hydrogen-bond donors (Lipinski definition) is 1. The maximum absolute atomic E-state index is 12.6. The standard InChI is InChI=1S/C17H20N4O2/c1-12-16(9-18-21(12)13-5-3-2-4-6-13)19-17(22)20-14-7-8-15(20)11-23-10-14/h2-6,9,14-15H,7-8,10-11H2,1H3,(H,19,22). The van der Waals surface area contributed by atoms with Crippen LogP contribution < -0.4 is 5.32 Å². The van der Waals surface area contributed by atoms with Gasteiger partial charge in [0.25, 0.3) is 0 Å². The lowest BCUT2D eigenvalue weighted by Crippen LogP contribution is -2.50. The van der Waals surface area contributed by atoms with Gasteiger partial charge in [-0.05, 0) is 31.9 Å². The molecule has 2 saturated heterocycles. The number of morpholine rings is 1. The molecule has 2 bridgehead atoms. The first-order valence-corrected chi connectivity index (χ1v) is 8.01. The average Bonchev–Trinajstić information content (AvgIpc) is 3.05. The molecule has 23 heavy (non-hydrogen) atoms. The van der Waals surface area contributed by atoms with Gasteiger partial charge >= 0.3 is 6.03 Å². The third kappa shape index (κ3) is 2.49. The number of carbonyl (C=O) groups excluding carboxylic acids is 1. The Morgan fingerprint density at radius 1 is 1.22 bits per heavy atom. The third-order valence-corrected chi connectivity index (χ3v) is 4.73. The molecule has 0 spiro atoms. The van der Waals surface area contributed by atoms with Gasteiger partial charge in [-0.2, -0.15) is 5.10 Å². The first kappa shape index (κ1) is 14.3. The molecule has 0 saturated carbocycles. The zero-order chi connectivity index (χ0) is 15.8.